The third kappa shape index (κ3) is 4.09. The van der Waals surface area contributed by atoms with Gasteiger partial charge in [-0.3, -0.25) is 4.79 Å². The SMILES string of the molecule is Cc1ccc(C(=O)N(C)CCOc2ccccc2C)cc1. The zero-order valence-corrected chi connectivity index (χ0v) is 12.8. The Bertz CT molecular complexity index is 605. The van der Waals surface area contributed by atoms with E-state index >= 15 is 0 Å². The summed E-state index contributed by atoms with van der Waals surface area (Å²) >= 11 is 0. The molecule has 1 amide bonds. The van der Waals surface area contributed by atoms with Gasteiger partial charge in [-0.25, -0.2) is 0 Å². The Balaban J connectivity index is 1.87. The summed E-state index contributed by atoms with van der Waals surface area (Å²) in [5.41, 5.74) is 2.96. The van der Waals surface area contributed by atoms with Crippen LogP contribution in [-0.4, -0.2) is 31.0 Å². The van der Waals surface area contributed by atoms with E-state index in [-0.39, 0.29) is 5.91 Å². The number of nitrogens with zero attached hydrogens (tertiary/aromatic N) is 1. The lowest BCUT2D eigenvalue weighted by atomic mass is 10.1. The van der Waals surface area contributed by atoms with Gasteiger partial charge in [-0.05, 0) is 37.6 Å². The number of carbonyl (C=O) groups excluding carboxylic acids is 1. The molecular weight excluding hydrogens is 262 g/mol. The highest BCUT2D eigenvalue weighted by atomic mass is 16.5. The van der Waals surface area contributed by atoms with Crippen LogP contribution in [0.25, 0.3) is 0 Å². The second-order valence-electron chi connectivity index (χ2n) is 5.21. The fraction of sp³-hybridized carbons (Fsp3) is 0.278. The van der Waals surface area contributed by atoms with Crippen molar-refractivity contribution in [3.63, 3.8) is 0 Å². The second kappa shape index (κ2) is 6.93. The summed E-state index contributed by atoms with van der Waals surface area (Å²) in [5, 5.41) is 0. The van der Waals surface area contributed by atoms with Crippen molar-refractivity contribution >= 4 is 5.91 Å². The number of hydrogen-bond acceptors (Lipinski definition) is 2. The molecule has 0 N–H and O–H groups in total. The van der Waals surface area contributed by atoms with Crippen LogP contribution in [0.1, 0.15) is 21.5 Å². The molecule has 3 heteroatoms. The lowest BCUT2D eigenvalue weighted by Gasteiger charge is -2.18. The minimum atomic E-state index is 0.0170. The number of para-hydroxylation sites is 1. The maximum absolute atomic E-state index is 12.2. The fourth-order valence-corrected chi connectivity index (χ4v) is 2.03. The number of hydrogen-bond donors (Lipinski definition) is 0. The molecular formula is C18H21NO2. The molecule has 0 heterocycles. The molecule has 0 spiro atoms. The van der Waals surface area contributed by atoms with Crippen LogP contribution in [-0.2, 0) is 0 Å². The third-order valence-electron chi connectivity index (χ3n) is 3.42. The Kier molecular flexibility index (Phi) is 4.99. The Labute approximate surface area is 126 Å². The predicted octanol–water partition coefficient (Wildman–Crippen LogP) is 3.45. The summed E-state index contributed by atoms with van der Waals surface area (Å²) in [6.45, 7) is 5.06. The quantitative estimate of drug-likeness (QED) is 0.841. The summed E-state index contributed by atoms with van der Waals surface area (Å²) in [6.07, 6.45) is 0. The van der Waals surface area contributed by atoms with Gasteiger partial charge in [0.25, 0.3) is 5.91 Å². The maximum Gasteiger partial charge on any atom is 0.253 e. The van der Waals surface area contributed by atoms with Crippen LogP contribution in [0.15, 0.2) is 48.5 Å². The molecule has 0 bridgehead atoms. The zero-order valence-electron chi connectivity index (χ0n) is 12.8. The van der Waals surface area contributed by atoms with Gasteiger partial charge in [0.15, 0.2) is 0 Å². The van der Waals surface area contributed by atoms with Gasteiger partial charge in [-0.2, -0.15) is 0 Å². The Morgan fingerprint density at radius 1 is 1.05 bits per heavy atom. The van der Waals surface area contributed by atoms with Gasteiger partial charge in [-0.1, -0.05) is 35.9 Å². The number of benzene rings is 2. The summed E-state index contributed by atoms with van der Waals surface area (Å²) in [6, 6.07) is 15.5. The van der Waals surface area contributed by atoms with Crippen molar-refractivity contribution in [3.05, 3.63) is 65.2 Å². The van der Waals surface area contributed by atoms with Crippen LogP contribution in [0.5, 0.6) is 5.75 Å². The van der Waals surface area contributed by atoms with E-state index in [2.05, 4.69) is 0 Å². The van der Waals surface area contributed by atoms with Crippen LogP contribution < -0.4 is 4.74 Å². The van der Waals surface area contributed by atoms with Gasteiger partial charge in [0.05, 0.1) is 6.54 Å². The number of amides is 1. The topological polar surface area (TPSA) is 29.5 Å². The smallest absolute Gasteiger partial charge is 0.253 e. The number of carbonyl (C=O) groups is 1. The number of rotatable bonds is 5. The minimum Gasteiger partial charge on any atom is -0.491 e. The van der Waals surface area contributed by atoms with Crippen molar-refractivity contribution in [2.45, 2.75) is 13.8 Å². The van der Waals surface area contributed by atoms with Crippen LogP contribution in [0, 0.1) is 13.8 Å². The molecule has 110 valence electrons. The van der Waals surface area contributed by atoms with Gasteiger partial charge in [0, 0.05) is 12.6 Å². The van der Waals surface area contributed by atoms with E-state index in [1.807, 2.05) is 62.4 Å². The van der Waals surface area contributed by atoms with Crippen LogP contribution in [0.3, 0.4) is 0 Å². The van der Waals surface area contributed by atoms with Crippen molar-refractivity contribution in [2.24, 2.45) is 0 Å². The molecule has 2 aromatic rings. The molecule has 0 aromatic heterocycles. The first-order valence-electron chi connectivity index (χ1n) is 7.08. The van der Waals surface area contributed by atoms with Crippen molar-refractivity contribution in [1.82, 2.24) is 4.90 Å². The molecule has 2 aromatic carbocycles. The van der Waals surface area contributed by atoms with Crippen molar-refractivity contribution < 1.29 is 9.53 Å². The average molecular weight is 283 g/mol. The van der Waals surface area contributed by atoms with Crippen LogP contribution in [0.2, 0.25) is 0 Å². The fourth-order valence-electron chi connectivity index (χ4n) is 2.03. The lowest BCUT2D eigenvalue weighted by Crippen LogP contribution is -2.30. The summed E-state index contributed by atoms with van der Waals surface area (Å²) in [5.74, 6) is 0.886. The monoisotopic (exact) mass is 283 g/mol. The molecule has 0 aliphatic carbocycles. The van der Waals surface area contributed by atoms with Crippen molar-refractivity contribution in [1.29, 1.82) is 0 Å². The zero-order chi connectivity index (χ0) is 15.2. The van der Waals surface area contributed by atoms with Crippen molar-refractivity contribution in [3.8, 4) is 5.75 Å². The lowest BCUT2D eigenvalue weighted by molar-refractivity contribution is 0.0773. The molecule has 0 saturated carbocycles. The molecule has 2 rings (SSSR count). The van der Waals surface area contributed by atoms with Crippen molar-refractivity contribution in [2.75, 3.05) is 20.2 Å². The average Bonchev–Trinajstić information content (AvgIpc) is 2.49. The van der Waals surface area contributed by atoms with E-state index in [1.54, 1.807) is 11.9 Å². The standard InChI is InChI=1S/C18H21NO2/c1-14-8-10-16(11-9-14)18(20)19(3)12-13-21-17-7-5-4-6-15(17)2/h4-11H,12-13H2,1-3H3. The van der Waals surface area contributed by atoms with Gasteiger partial charge in [0.2, 0.25) is 0 Å². The van der Waals surface area contributed by atoms with Crippen LogP contribution >= 0.6 is 0 Å². The van der Waals surface area contributed by atoms with E-state index in [0.717, 1.165) is 16.9 Å². The molecule has 0 radical (unpaired) electrons. The molecule has 0 saturated heterocycles. The number of ether oxygens (including phenoxy) is 1. The summed E-state index contributed by atoms with van der Waals surface area (Å²) < 4.78 is 5.72. The molecule has 0 atom stereocenters. The minimum absolute atomic E-state index is 0.0170. The van der Waals surface area contributed by atoms with E-state index in [4.69, 9.17) is 4.74 Å². The normalized spacial score (nSPS) is 10.2. The molecule has 0 fully saturated rings. The molecule has 21 heavy (non-hydrogen) atoms. The van der Waals surface area contributed by atoms with E-state index in [1.165, 1.54) is 0 Å². The highest BCUT2D eigenvalue weighted by Gasteiger charge is 2.11. The van der Waals surface area contributed by atoms with Gasteiger partial charge >= 0.3 is 0 Å². The van der Waals surface area contributed by atoms with Crippen LogP contribution in [0.4, 0.5) is 0 Å². The molecule has 0 unspecified atom stereocenters. The number of likely N-dealkylation sites (N-methyl/N-ethyl adjacent to an activating group) is 1. The van der Waals surface area contributed by atoms with E-state index < -0.39 is 0 Å². The highest BCUT2D eigenvalue weighted by Crippen LogP contribution is 2.16. The first kappa shape index (κ1) is 15.1. The summed E-state index contributed by atoms with van der Waals surface area (Å²) in [7, 11) is 1.80. The van der Waals surface area contributed by atoms with E-state index in [9.17, 15) is 4.79 Å². The van der Waals surface area contributed by atoms with Gasteiger partial charge in [-0.15, -0.1) is 0 Å². The first-order chi connectivity index (χ1) is 10.1. The highest BCUT2D eigenvalue weighted by molar-refractivity contribution is 5.94. The largest absolute Gasteiger partial charge is 0.491 e. The molecule has 0 aliphatic heterocycles. The Hall–Kier alpha value is -2.29. The Morgan fingerprint density at radius 3 is 2.38 bits per heavy atom. The predicted molar refractivity (Wildman–Crippen MR) is 84.8 cm³/mol. The summed E-state index contributed by atoms with van der Waals surface area (Å²) in [4.78, 5) is 13.9. The first-order valence-corrected chi connectivity index (χ1v) is 7.08. The maximum atomic E-state index is 12.2. The van der Waals surface area contributed by atoms with Gasteiger partial charge < -0.3 is 9.64 Å². The third-order valence-corrected chi connectivity index (χ3v) is 3.42. The molecule has 0 aliphatic rings. The second-order valence-corrected chi connectivity index (χ2v) is 5.21. The molecule has 3 nitrogen and oxygen atoms in total. The Morgan fingerprint density at radius 2 is 1.71 bits per heavy atom. The van der Waals surface area contributed by atoms with Gasteiger partial charge in [0.1, 0.15) is 12.4 Å². The number of aryl methyl sites for hydroxylation is 2. The van der Waals surface area contributed by atoms with E-state index in [0.29, 0.717) is 18.7 Å².